The van der Waals surface area contributed by atoms with Crippen LogP contribution in [0.2, 0.25) is 0 Å². The summed E-state index contributed by atoms with van der Waals surface area (Å²) in [6.45, 7) is 4.84. The van der Waals surface area contributed by atoms with Crippen molar-refractivity contribution >= 4 is 21.8 Å². The van der Waals surface area contributed by atoms with Gasteiger partial charge in [-0.1, -0.05) is 50.6 Å². The van der Waals surface area contributed by atoms with E-state index in [1.165, 1.54) is 28.6 Å². The van der Waals surface area contributed by atoms with Gasteiger partial charge in [-0.15, -0.1) is 0 Å². The number of alkyl carbamates (subject to hydrolysis) is 1. The molecule has 1 amide bonds. The third kappa shape index (κ3) is 7.92. The quantitative estimate of drug-likeness (QED) is 0.368. The maximum absolute atomic E-state index is 13.5. The van der Waals surface area contributed by atoms with E-state index in [0.29, 0.717) is 31.7 Å². The van der Waals surface area contributed by atoms with Gasteiger partial charge in [0, 0.05) is 25.2 Å². The third-order valence-electron chi connectivity index (χ3n) is 6.35. The number of sulfonamides is 1. The number of anilines is 1. The van der Waals surface area contributed by atoms with Gasteiger partial charge in [0.1, 0.15) is 6.10 Å². The van der Waals surface area contributed by atoms with Crippen LogP contribution in [0.15, 0.2) is 59.5 Å². The van der Waals surface area contributed by atoms with Crippen molar-refractivity contribution in [3.63, 3.8) is 0 Å². The molecule has 1 aliphatic rings. The van der Waals surface area contributed by atoms with E-state index in [1.54, 1.807) is 0 Å². The number of nitrogens with zero attached hydrogens (tertiary/aromatic N) is 1. The Bertz CT molecular complexity index is 1060. The highest BCUT2D eigenvalue weighted by Gasteiger charge is 2.32. The van der Waals surface area contributed by atoms with Crippen LogP contribution in [0.5, 0.6) is 0 Å². The smallest absolute Gasteiger partial charge is 0.407 e. The Hall–Kier alpha value is -2.66. The fraction of sp³-hybridized carbons (Fsp3) is 0.500. The number of benzene rings is 2. The predicted molar refractivity (Wildman–Crippen MR) is 138 cm³/mol. The van der Waals surface area contributed by atoms with Crippen molar-refractivity contribution < 1.29 is 27.8 Å². The summed E-state index contributed by atoms with van der Waals surface area (Å²) in [4.78, 5) is 12.7. The lowest BCUT2D eigenvalue weighted by molar-refractivity contribution is 0.0642. The molecular formula is C26H37N3O6S. The van der Waals surface area contributed by atoms with E-state index in [2.05, 4.69) is 5.32 Å². The van der Waals surface area contributed by atoms with Crippen molar-refractivity contribution in [2.24, 2.45) is 5.92 Å². The first-order valence-electron chi connectivity index (χ1n) is 12.3. The predicted octanol–water partition coefficient (Wildman–Crippen LogP) is 2.79. The molecule has 0 saturated carbocycles. The molecule has 0 radical (unpaired) electrons. The molecule has 4 atom stereocenters. The van der Waals surface area contributed by atoms with Crippen molar-refractivity contribution in [3.05, 3.63) is 60.2 Å². The van der Waals surface area contributed by atoms with Crippen LogP contribution in [0, 0.1) is 5.92 Å². The van der Waals surface area contributed by atoms with Gasteiger partial charge in [-0.05, 0) is 42.2 Å². The largest absolute Gasteiger partial charge is 0.444 e. The lowest BCUT2D eigenvalue weighted by atomic mass is 10.0. The molecule has 2 aromatic carbocycles. The van der Waals surface area contributed by atoms with Gasteiger partial charge in [0.05, 0.1) is 30.3 Å². The minimum Gasteiger partial charge on any atom is -0.444 e. The average Bonchev–Trinajstić information content (AvgIpc) is 3.36. The molecule has 36 heavy (non-hydrogen) atoms. The van der Waals surface area contributed by atoms with Crippen molar-refractivity contribution in [1.82, 2.24) is 9.62 Å². The zero-order chi connectivity index (χ0) is 26.1. The van der Waals surface area contributed by atoms with E-state index in [4.69, 9.17) is 15.2 Å². The molecule has 10 heteroatoms. The standard InChI is InChI=1S/C26H37N3O6S/c1-3-19(2)16-29(36(32,33)23-11-9-21(27)10-12-23)17-25(30)24(15-20-7-5-4-6-8-20)28-26(31)35-22-13-14-34-18-22/h4-12,19,22,24-25,30H,3,13-18,27H2,1-2H3,(H,28,31)/t19-,22-,24-,25?/m0/s1. The Morgan fingerprint density at radius 3 is 2.50 bits per heavy atom. The van der Waals surface area contributed by atoms with Crippen LogP contribution >= 0.6 is 0 Å². The number of nitrogens with one attached hydrogen (secondary N) is 1. The molecule has 198 valence electrons. The summed E-state index contributed by atoms with van der Waals surface area (Å²) in [5, 5.41) is 14.0. The first-order valence-corrected chi connectivity index (χ1v) is 13.8. The van der Waals surface area contributed by atoms with E-state index in [9.17, 15) is 18.3 Å². The molecule has 9 nitrogen and oxygen atoms in total. The van der Waals surface area contributed by atoms with Crippen molar-refractivity contribution in [1.29, 1.82) is 0 Å². The maximum atomic E-state index is 13.5. The minimum absolute atomic E-state index is 0.0635. The zero-order valence-corrected chi connectivity index (χ0v) is 21.7. The van der Waals surface area contributed by atoms with E-state index in [0.717, 1.165) is 12.0 Å². The molecule has 2 aromatic rings. The first-order chi connectivity index (χ1) is 17.2. The molecule has 1 aliphatic heterocycles. The Labute approximate surface area is 213 Å². The Balaban J connectivity index is 1.81. The number of nitrogens with two attached hydrogens (primary N) is 1. The number of carbonyl (C=O) groups is 1. The lowest BCUT2D eigenvalue weighted by Gasteiger charge is -2.31. The highest BCUT2D eigenvalue weighted by atomic mass is 32.2. The lowest BCUT2D eigenvalue weighted by Crippen LogP contribution is -2.51. The topological polar surface area (TPSA) is 131 Å². The molecule has 4 N–H and O–H groups in total. The summed E-state index contributed by atoms with van der Waals surface area (Å²) in [5.41, 5.74) is 7.09. The monoisotopic (exact) mass is 519 g/mol. The molecule has 1 fully saturated rings. The van der Waals surface area contributed by atoms with Crippen LogP contribution in [0.1, 0.15) is 32.3 Å². The van der Waals surface area contributed by atoms with Gasteiger partial charge in [-0.3, -0.25) is 0 Å². The van der Waals surface area contributed by atoms with Crippen LogP contribution in [0.4, 0.5) is 10.5 Å². The second-order valence-electron chi connectivity index (χ2n) is 9.30. The van der Waals surface area contributed by atoms with Crippen LogP contribution in [-0.2, 0) is 25.9 Å². The van der Waals surface area contributed by atoms with Crippen molar-refractivity contribution in [2.45, 2.75) is 56.3 Å². The van der Waals surface area contributed by atoms with Gasteiger partial charge in [-0.2, -0.15) is 4.31 Å². The summed E-state index contributed by atoms with van der Waals surface area (Å²) in [5.74, 6) is 0.0635. The summed E-state index contributed by atoms with van der Waals surface area (Å²) in [6, 6.07) is 14.6. The van der Waals surface area contributed by atoms with Crippen molar-refractivity contribution in [2.75, 3.05) is 32.0 Å². The molecule has 1 heterocycles. The number of ether oxygens (including phenoxy) is 2. The van der Waals surface area contributed by atoms with Crippen LogP contribution in [0.25, 0.3) is 0 Å². The molecular weight excluding hydrogens is 482 g/mol. The van der Waals surface area contributed by atoms with Gasteiger partial charge in [0.25, 0.3) is 0 Å². The van der Waals surface area contributed by atoms with Crippen LogP contribution in [0.3, 0.4) is 0 Å². The fourth-order valence-corrected chi connectivity index (χ4v) is 5.54. The van der Waals surface area contributed by atoms with E-state index in [1.807, 2.05) is 44.2 Å². The summed E-state index contributed by atoms with van der Waals surface area (Å²) < 4.78 is 39.0. The molecule has 0 aromatic heterocycles. The third-order valence-corrected chi connectivity index (χ3v) is 8.19. The maximum Gasteiger partial charge on any atom is 0.407 e. The van der Waals surface area contributed by atoms with Gasteiger partial charge in [0.15, 0.2) is 0 Å². The minimum atomic E-state index is -3.91. The molecule has 1 unspecified atom stereocenters. The molecule has 0 spiro atoms. The molecule has 0 aliphatic carbocycles. The highest BCUT2D eigenvalue weighted by Crippen LogP contribution is 2.21. The molecule has 3 rings (SSSR count). The Kier molecular flexibility index (Phi) is 10.1. The summed E-state index contributed by atoms with van der Waals surface area (Å²) >= 11 is 0. The van der Waals surface area contributed by atoms with Crippen LogP contribution < -0.4 is 11.1 Å². The summed E-state index contributed by atoms with van der Waals surface area (Å²) in [6.07, 6.45) is -0.511. The summed E-state index contributed by atoms with van der Waals surface area (Å²) in [7, 11) is -3.91. The Morgan fingerprint density at radius 1 is 1.19 bits per heavy atom. The number of hydrogen-bond acceptors (Lipinski definition) is 7. The van der Waals surface area contributed by atoms with E-state index in [-0.39, 0.29) is 30.0 Å². The number of aliphatic hydroxyl groups excluding tert-OH is 1. The number of nitrogen functional groups attached to an aromatic ring is 1. The number of carbonyl (C=O) groups excluding carboxylic acids is 1. The molecule has 1 saturated heterocycles. The fourth-order valence-electron chi connectivity index (χ4n) is 3.97. The van der Waals surface area contributed by atoms with Gasteiger partial charge < -0.3 is 25.6 Å². The number of rotatable bonds is 12. The first kappa shape index (κ1) is 27.9. The molecule has 0 bridgehead atoms. The van der Waals surface area contributed by atoms with Crippen molar-refractivity contribution in [3.8, 4) is 0 Å². The number of amides is 1. The highest BCUT2D eigenvalue weighted by molar-refractivity contribution is 7.89. The number of aliphatic hydroxyl groups is 1. The van der Waals surface area contributed by atoms with Gasteiger partial charge in [-0.25, -0.2) is 13.2 Å². The Morgan fingerprint density at radius 2 is 1.89 bits per heavy atom. The van der Waals surface area contributed by atoms with E-state index < -0.39 is 28.3 Å². The van der Waals surface area contributed by atoms with E-state index >= 15 is 0 Å². The second kappa shape index (κ2) is 13.0. The second-order valence-corrected chi connectivity index (χ2v) is 11.2. The van der Waals surface area contributed by atoms with Gasteiger partial charge >= 0.3 is 6.09 Å². The zero-order valence-electron chi connectivity index (χ0n) is 20.9. The normalized spacial score (nSPS) is 18.5. The van der Waals surface area contributed by atoms with Crippen LogP contribution in [-0.4, -0.2) is 68.5 Å². The average molecular weight is 520 g/mol. The number of hydrogen-bond donors (Lipinski definition) is 3. The van der Waals surface area contributed by atoms with Gasteiger partial charge in [0.2, 0.25) is 10.0 Å². The SMILES string of the molecule is CC[C@H](C)CN(CC(O)[C@H](Cc1ccccc1)NC(=O)O[C@H]1CCOC1)S(=O)(=O)c1ccc(N)cc1.